The topological polar surface area (TPSA) is 117 Å². The van der Waals surface area contributed by atoms with Crippen LogP contribution in [0.25, 0.3) is 0 Å². The fourth-order valence-corrected chi connectivity index (χ4v) is 5.68. The molecule has 50 heavy (non-hydrogen) atoms. The molecule has 0 bridgehead atoms. The highest BCUT2D eigenvalue weighted by Crippen LogP contribution is 2.12. The molecule has 0 spiro atoms. The average molecular weight is 707 g/mol. The lowest BCUT2D eigenvalue weighted by atomic mass is 10.1. The second-order valence-electron chi connectivity index (χ2n) is 13.8. The zero-order valence-electron chi connectivity index (χ0n) is 32.5. The number of amides is 1. The van der Waals surface area contributed by atoms with Crippen molar-refractivity contribution in [1.29, 1.82) is 0 Å². The Bertz CT molecular complexity index is 775. The van der Waals surface area contributed by atoms with Gasteiger partial charge in [0, 0.05) is 25.9 Å². The van der Waals surface area contributed by atoms with E-state index >= 15 is 0 Å². The fourth-order valence-electron chi connectivity index (χ4n) is 5.68. The molecule has 0 aliphatic carbocycles. The number of esters is 2. The van der Waals surface area contributed by atoms with Crippen molar-refractivity contribution in [3.8, 4) is 0 Å². The maximum absolute atomic E-state index is 12.3. The Morgan fingerprint density at radius 3 is 1.22 bits per heavy atom. The van der Waals surface area contributed by atoms with Crippen LogP contribution in [0.15, 0.2) is 24.3 Å². The number of carbonyl (C=O) groups excluding carboxylic acids is 3. The standard InChI is InChI=1S/C42H78N2O6/c1-3-5-7-9-11-13-15-17-19-21-23-25-27-29-31-33-40(45)48-37-39(50-42(47)44-36-35-43)38-49-41(46)34-32-30-28-26-24-22-20-18-16-14-12-10-8-6-4-2/h17-20,39H,3-16,21-38,43H2,1-2H3,(H,44,47). The van der Waals surface area contributed by atoms with Gasteiger partial charge in [-0.3, -0.25) is 9.59 Å². The molecule has 0 saturated carbocycles. The predicted molar refractivity (Wildman–Crippen MR) is 208 cm³/mol. The van der Waals surface area contributed by atoms with Crippen LogP contribution in [0.3, 0.4) is 0 Å². The molecule has 0 aromatic heterocycles. The van der Waals surface area contributed by atoms with Crippen molar-refractivity contribution < 1.29 is 28.6 Å². The normalized spacial score (nSPS) is 12.1. The summed E-state index contributed by atoms with van der Waals surface area (Å²) in [6, 6.07) is 0. The van der Waals surface area contributed by atoms with Crippen molar-refractivity contribution in [2.45, 2.75) is 200 Å². The molecule has 0 unspecified atom stereocenters. The third kappa shape index (κ3) is 36.9. The van der Waals surface area contributed by atoms with E-state index in [0.717, 1.165) is 64.2 Å². The zero-order valence-corrected chi connectivity index (χ0v) is 32.5. The number of rotatable bonds is 37. The van der Waals surface area contributed by atoms with Crippen molar-refractivity contribution in [1.82, 2.24) is 5.32 Å². The first-order valence-electron chi connectivity index (χ1n) is 20.8. The van der Waals surface area contributed by atoms with Crippen LogP contribution in [0.1, 0.15) is 194 Å². The van der Waals surface area contributed by atoms with Gasteiger partial charge < -0.3 is 25.3 Å². The summed E-state index contributed by atoms with van der Waals surface area (Å²) in [5, 5.41) is 2.53. The summed E-state index contributed by atoms with van der Waals surface area (Å²) in [6.07, 6.45) is 39.4. The van der Waals surface area contributed by atoms with Gasteiger partial charge in [-0.25, -0.2) is 4.79 Å². The van der Waals surface area contributed by atoms with Crippen LogP contribution in [-0.4, -0.2) is 50.4 Å². The molecule has 0 radical (unpaired) electrons. The maximum Gasteiger partial charge on any atom is 0.407 e. The molecule has 1 amide bonds. The summed E-state index contributed by atoms with van der Waals surface area (Å²) < 4.78 is 16.1. The minimum Gasteiger partial charge on any atom is -0.462 e. The summed E-state index contributed by atoms with van der Waals surface area (Å²) >= 11 is 0. The van der Waals surface area contributed by atoms with Crippen molar-refractivity contribution in [3.05, 3.63) is 24.3 Å². The predicted octanol–water partition coefficient (Wildman–Crippen LogP) is 11.2. The van der Waals surface area contributed by atoms with Gasteiger partial charge in [0.05, 0.1) is 0 Å². The van der Waals surface area contributed by atoms with E-state index in [1.165, 1.54) is 103 Å². The van der Waals surface area contributed by atoms with E-state index < -0.39 is 12.2 Å². The first kappa shape index (κ1) is 47.7. The summed E-state index contributed by atoms with van der Waals surface area (Å²) in [6.45, 7) is 4.74. The van der Waals surface area contributed by atoms with Gasteiger partial charge in [-0.15, -0.1) is 0 Å². The molecule has 8 heteroatoms. The molecule has 3 N–H and O–H groups in total. The van der Waals surface area contributed by atoms with E-state index in [9.17, 15) is 14.4 Å². The SMILES string of the molecule is CCCCCCCCC=CCCCCCCCC(=O)OCC(COC(=O)CCCCCCCC=CCCCCCCCC)OC(=O)NCCN. The van der Waals surface area contributed by atoms with Gasteiger partial charge in [-0.2, -0.15) is 0 Å². The Labute approximate surface area is 307 Å². The molecule has 0 rings (SSSR count). The fraction of sp³-hybridized carbons (Fsp3) is 0.833. The van der Waals surface area contributed by atoms with Crippen LogP contribution < -0.4 is 11.1 Å². The van der Waals surface area contributed by atoms with Crippen LogP contribution >= 0.6 is 0 Å². The molecule has 0 fully saturated rings. The molecular formula is C42H78N2O6. The third-order valence-corrected chi connectivity index (χ3v) is 8.83. The van der Waals surface area contributed by atoms with Crippen molar-refractivity contribution in [2.75, 3.05) is 26.3 Å². The summed E-state index contributed by atoms with van der Waals surface area (Å²) in [4.78, 5) is 36.7. The number of carbonyl (C=O) groups is 3. The van der Waals surface area contributed by atoms with E-state index in [2.05, 4.69) is 43.5 Å². The quantitative estimate of drug-likeness (QED) is 0.0286. The smallest absolute Gasteiger partial charge is 0.407 e. The van der Waals surface area contributed by atoms with Crippen LogP contribution in [-0.2, 0) is 23.8 Å². The Hall–Kier alpha value is -2.35. The lowest BCUT2D eigenvalue weighted by Crippen LogP contribution is -2.37. The van der Waals surface area contributed by atoms with E-state index in [4.69, 9.17) is 19.9 Å². The Kier molecular flexibility index (Phi) is 37.6. The van der Waals surface area contributed by atoms with Gasteiger partial charge in [0.25, 0.3) is 0 Å². The van der Waals surface area contributed by atoms with Gasteiger partial charge >= 0.3 is 18.0 Å². The number of hydrogen-bond donors (Lipinski definition) is 2. The third-order valence-electron chi connectivity index (χ3n) is 8.83. The minimum atomic E-state index is -0.871. The molecule has 0 atom stereocenters. The maximum atomic E-state index is 12.3. The molecule has 8 nitrogen and oxygen atoms in total. The van der Waals surface area contributed by atoms with E-state index in [1.54, 1.807) is 0 Å². The average Bonchev–Trinajstić information content (AvgIpc) is 3.11. The molecule has 0 aliphatic heterocycles. The largest absolute Gasteiger partial charge is 0.462 e. The lowest BCUT2D eigenvalue weighted by Gasteiger charge is -2.18. The van der Waals surface area contributed by atoms with Crippen LogP contribution in [0.5, 0.6) is 0 Å². The number of allylic oxidation sites excluding steroid dienone is 4. The number of hydrogen-bond acceptors (Lipinski definition) is 7. The number of ether oxygens (including phenoxy) is 3. The highest BCUT2D eigenvalue weighted by molar-refractivity contribution is 5.70. The molecular weight excluding hydrogens is 628 g/mol. The number of nitrogens with two attached hydrogens (primary N) is 1. The second kappa shape index (κ2) is 39.4. The van der Waals surface area contributed by atoms with Crippen LogP contribution in [0.2, 0.25) is 0 Å². The lowest BCUT2D eigenvalue weighted by molar-refractivity contribution is -0.152. The van der Waals surface area contributed by atoms with Crippen LogP contribution in [0.4, 0.5) is 4.79 Å². The molecule has 0 aromatic carbocycles. The molecule has 0 aromatic rings. The monoisotopic (exact) mass is 707 g/mol. The summed E-state index contributed by atoms with van der Waals surface area (Å²) in [5.74, 6) is -0.670. The molecule has 0 aliphatic rings. The molecule has 0 saturated heterocycles. The van der Waals surface area contributed by atoms with E-state index in [-0.39, 0.29) is 38.2 Å². The van der Waals surface area contributed by atoms with E-state index in [0.29, 0.717) is 12.8 Å². The first-order valence-corrected chi connectivity index (χ1v) is 20.8. The summed E-state index contributed by atoms with van der Waals surface area (Å²) in [5.41, 5.74) is 5.45. The number of nitrogens with one attached hydrogen (secondary N) is 1. The Morgan fingerprint density at radius 1 is 0.520 bits per heavy atom. The number of unbranched alkanes of at least 4 members (excludes halogenated alkanes) is 22. The van der Waals surface area contributed by atoms with Gasteiger partial charge in [-0.05, 0) is 64.2 Å². The van der Waals surface area contributed by atoms with Crippen LogP contribution in [0, 0.1) is 0 Å². The van der Waals surface area contributed by atoms with Gasteiger partial charge in [0.2, 0.25) is 0 Å². The van der Waals surface area contributed by atoms with Gasteiger partial charge in [-0.1, -0.05) is 141 Å². The van der Waals surface area contributed by atoms with Crippen molar-refractivity contribution in [3.63, 3.8) is 0 Å². The summed E-state index contributed by atoms with van der Waals surface area (Å²) in [7, 11) is 0. The molecule has 0 heterocycles. The van der Waals surface area contributed by atoms with E-state index in [1.807, 2.05) is 0 Å². The Morgan fingerprint density at radius 2 is 0.860 bits per heavy atom. The highest BCUT2D eigenvalue weighted by atomic mass is 16.6. The zero-order chi connectivity index (χ0) is 36.6. The first-order chi connectivity index (χ1) is 24.5. The van der Waals surface area contributed by atoms with Gasteiger partial charge in [0.15, 0.2) is 6.10 Å². The number of alkyl carbamates (subject to hydrolysis) is 1. The molecule has 292 valence electrons. The van der Waals surface area contributed by atoms with Crippen molar-refractivity contribution >= 4 is 18.0 Å². The van der Waals surface area contributed by atoms with Crippen molar-refractivity contribution in [2.24, 2.45) is 5.73 Å². The second-order valence-corrected chi connectivity index (χ2v) is 13.8. The Balaban J connectivity index is 4.02. The highest BCUT2D eigenvalue weighted by Gasteiger charge is 2.19. The van der Waals surface area contributed by atoms with Gasteiger partial charge in [0.1, 0.15) is 13.2 Å². The minimum absolute atomic E-state index is 0.152.